The van der Waals surface area contributed by atoms with Gasteiger partial charge >= 0.3 is 0 Å². The van der Waals surface area contributed by atoms with E-state index in [1.165, 1.54) is 77.0 Å². The van der Waals surface area contributed by atoms with Crippen LogP contribution in [0.25, 0.3) is 0 Å². The van der Waals surface area contributed by atoms with E-state index >= 15 is 0 Å². The Hall–Kier alpha value is -0.650. The van der Waals surface area contributed by atoms with E-state index in [1.54, 1.807) is 0 Å². The maximum absolute atomic E-state index is 11.7. The predicted molar refractivity (Wildman–Crippen MR) is 114 cm³/mol. The third-order valence-electron chi connectivity index (χ3n) is 4.71. The summed E-state index contributed by atoms with van der Waals surface area (Å²) in [4.78, 5) is 11.7. The minimum atomic E-state index is 0.140. The fourth-order valence-corrected chi connectivity index (χ4v) is 3.06. The second-order valence-electron chi connectivity index (χ2n) is 7.36. The molecule has 0 unspecified atom stereocenters. The highest BCUT2D eigenvalue weighted by Gasteiger charge is 2.00. The van der Waals surface area contributed by atoms with Gasteiger partial charge in [-0.05, 0) is 6.42 Å². The molecule has 0 saturated heterocycles. The van der Waals surface area contributed by atoms with Crippen LogP contribution < -0.4 is 11.1 Å². The molecule has 0 bridgehead atoms. The van der Waals surface area contributed by atoms with Gasteiger partial charge in [-0.1, -0.05) is 84.0 Å². The zero-order chi connectivity index (χ0) is 19.8. The maximum atomic E-state index is 11.7. The van der Waals surface area contributed by atoms with Crippen LogP contribution in [0.2, 0.25) is 0 Å². The van der Waals surface area contributed by atoms with Crippen LogP contribution in [0, 0.1) is 0 Å². The number of carbonyl (C=O) groups is 1. The Kier molecular flexibility index (Phi) is 22.8. The molecule has 0 aliphatic rings. The van der Waals surface area contributed by atoms with E-state index in [0.29, 0.717) is 45.9 Å². The molecule has 27 heavy (non-hydrogen) atoms. The summed E-state index contributed by atoms with van der Waals surface area (Å²) in [6.07, 6.45) is 17.9. The number of hydrogen-bond acceptors (Lipinski definition) is 4. The summed E-state index contributed by atoms with van der Waals surface area (Å²) >= 11 is 0. The highest BCUT2D eigenvalue weighted by Crippen LogP contribution is 2.12. The van der Waals surface area contributed by atoms with Crippen molar-refractivity contribution in [2.24, 2.45) is 5.73 Å². The van der Waals surface area contributed by atoms with Crippen molar-refractivity contribution in [2.45, 2.75) is 96.8 Å². The molecule has 0 aliphatic heterocycles. The SMILES string of the molecule is CCCCCCCCCCCCCCCC(=O)NCCOCCOCCN. The Morgan fingerprint density at radius 3 is 1.70 bits per heavy atom. The first-order valence-electron chi connectivity index (χ1n) is 11.4. The number of hydrogen-bond donors (Lipinski definition) is 2. The van der Waals surface area contributed by atoms with Crippen LogP contribution in [0.3, 0.4) is 0 Å². The highest BCUT2D eigenvalue weighted by atomic mass is 16.5. The van der Waals surface area contributed by atoms with Gasteiger partial charge in [0.05, 0.1) is 26.4 Å². The van der Waals surface area contributed by atoms with Crippen molar-refractivity contribution in [3.63, 3.8) is 0 Å². The van der Waals surface area contributed by atoms with Gasteiger partial charge in [0.2, 0.25) is 5.91 Å². The Morgan fingerprint density at radius 2 is 1.19 bits per heavy atom. The van der Waals surface area contributed by atoms with E-state index in [1.807, 2.05) is 0 Å². The van der Waals surface area contributed by atoms with Crippen LogP contribution in [0.15, 0.2) is 0 Å². The van der Waals surface area contributed by atoms with Gasteiger partial charge in [-0.3, -0.25) is 4.79 Å². The van der Waals surface area contributed by atoms with Gasteiger partial charge in [0.25, 0.3) is 0 Å². The molecule has 0 aliphatic carbocycles. The van der Waals surface area contributed by atoms with Crippen LogP contribution >= 0.6 is 0 Å². The molecule has 0 aromatic rings. The standard InChI is InChI=1S/C22H46N2O3/c1-2-3-4-5-6-7-8-9-10-11-12-13-14-15-22(25)24-17-19-27-21-20-26-18-16-23/h2-21,23H2,1H3,(H,24,25). The van der Waals surface area contributed by atoms with E-state index in [2.05, 4.69) is 12.2 Å². The Balaban J connectivity index is 3.12. The number of carbonyl (C=O) groups excluding carboxylic acids is 1. The first-order valence-corrected chi connectivity index (χ1v) is 11.4. The number of nitrogens with one attached hydrogen (secondary N) is 1. The van der Waals surface area contributed by atoms with Crippen LogP contribution in [0.1, 0.15) is 96.8 Å². The van der Waals surface area contributed by atoms with Crippen molar-refractivity contribution in [3.05, 3.63) is 0 Å². The normalized spacial score (nSPS) is 11.0. The molecule has 5 heteroatoms. The van der Waals surface area contributed by atoms with Crippen molar-refractivity contribution in [2.75, 3.05) is 39.5 Å². The summed E-state index contributed by atoms with van der Waals surface area (Å²) in [6.45, 7) is 5.60. The molecular formula is C22H46N2O3. The van der Waals surface area contributed by atoms with Crippen molar-refractivity contribution < 1.29 is 14.3 Å². The summed E-state index contributed by atoms with van der Waals surface area (Å²) in [7, 11) is 0. The topological polar surface area (TPSA) is 73.6 Å². The Bertz CT molecular complexity index is 301. The summed E-state index contributed by atoms with van der Waals surface area (Å²) < 4.78 is 10.6. The highest BCUT2D eigenvalue weighted by molar-refractivity contribution is 5.75. The minimum Gasteiger partial charge on any atom is -0.378 e. The van der Waals surface area contributed by atoms with E-state index in [-0.39, 0.29) is 5.91 Å². The number of amides is 1. The van der Waals surface area contributed by atoms with Gasteiger partial charge in [0.1, 0.15) is 0 Å². The summed E-state index contributed by atoms with van der Waals surface area (Å²) in [6, 6.07) is 0. The second kappa shape index (κ2) is 23.4. The second-order valence-corrected chi connectivity index (χ2v) is 7.36. The lowest BCUT2D eigenvalue weighted by Crippen LogP contribution is -2.27. The summed E-state index contributed by atoms with van der Waals surface area (Å²) in [5, 5.41) is 2.90. The third kappa shape index (κ3) is 23.3. The number of rotatable bonds is 22. The molecule has 0 spiro atoms. The van der Waals surface area contributed by atoms with Gasteiger partial charge in [0.15, 0.2) is 0 Å². The molecule has 0 radical (unpaired) electrons. The first kappa shape index (κ1) is 26.4. The van der Waals surface area contributed by atoms with Crippen molar-refractivity contribution >= 4 is 5.91 Å². The smallest absolute Gasteiger partial charge is 0.220 e. The molecule has 0 heterocycles. The zero-order valence-electron chi connectivity index (χ0n) is 17.9. The van der Waals surface area contributed by atoms with Gasteiger partial charge in [-0.2, -0.15) is 0 Å². The average molecular weight is 387 g/mol. The zero-order valence-corrected chi connectivity index (χ0v) is 17.9. The molecule has 0 aromatic heterocycles. The van der Waals surface area contributed by atoms with Gasteiger partial charge in [0, 0.05) is 19.5 Å². The van der Waals surface area contributed by atoms with E-state index in [0.717, 1.165) is 6.42 Å². The monoisotopic (exact) mass is 386 g/mol. The Morgan fingerprint density at radius 1 is 0.704 bits per heavy atom. The molecule has 0 saturated carbocycles. The van der Waals surface area contributed by atoms with E-state index < -0.39 is 0 Å². The van der Waals surface area contributed by atoms with Crippen molar-refractivity contribution in [3.8, 4) is 0 Å². The molecule has 0 rings (SSSR count). The molecule has 1 amide bonds. The third-order valence-corrected chi connectivity index (χ3v) is 4.71. The predicted octanol–water partition coefficient (Wildman–Crippen LogP) is 4.58. The van der Waals surface area contributed by atoms with Crippen LogP contribution in [0.4, 0.5) is 0 Å². The summed E-state index contributed by atoms with van der Waals surface area (Å²) in [5.41, 5.74) is 5.32. The lowest BCUT2D eigenvalue weighted by atomic mass is 10.0. The van der Waals surface area contributed by atoms with Crippen LogP contribution in [0.5, 0.6) is 0 Å². The lowest BCUT2D eigenvalue weighted by Gasteiger charge is -2.07. The molecule has 3 N–H and O–H groups in total. The molecule has 0 atom stereocenters. The molecule has 0 aromatic carbocycles. The van der Waals surface area contributed by atoms with Crippen molar-refractivity contribution in [1.29, 1.82) is 0 Å². The number of unbranched alkanes of at least 4 members (excludes halogenated alkanes) is 12. The Labute approximate surface area is 168 Å². The largest absolute Gasteiger partial charge is 0.378 e. The first-order chi connectivity index (χ1) is 13.3. The quantitative estimate of drug-likeness (QED) is 0.267. The number of ether oxygens (including phenoxy) is 2. The maximum Gasteiger partial charge on any atom is 0.220 e. The van der Waals surface area contributed by atoms with E-state index in [4.69, 9.17) is 15.2 Å². The van der Waals surface area contributed by atoms with Crippen LogP contribution in [-0.4, -0.2) is 45.4 Å². The van der Waals surface area contributed by atoms with E-state index in [9.17, 15) is 4.79 Å². The average Bonchev–Trinajstić information content (AvgIpc) is 2.67. The van der Waals surface area contributed by atoms with Gasteiger partial charge in [-0.15, -0.1) is 0 Å². The summed E-state index contributed by atoms with van der Waals surface area (Å²) in [5.74, 6) is 0.140. The molecule has 0 fully saturated rings. The minimum absolute atomic E-state index is 0.140. The molecule has 162 valence electrons. The van der Waals surface area contributed by atoms with Crippen molar-refractivity contribution in [1.82, 2.24) is 5.32 Å². The fourth-order valence-electron chi connectivity index (χ4n) is 3.06. The molecule has 5 nitrogen and oxygen atoms in total. The van der Waals surface area contributed by atoms with Gasteiger partial charge in [-0.25, -0.2) is 0 Å². The van der Waals surface area contributed by atoms with Gasteiger partial charge < -0.3 is 20.5 Å². The number of nitrogens with two attached hydrogens (primary N) is 1. The lowest BCUT2D eigenvalue weighted by molar-refractivity contribution is -0.121. The molecular weight excluding hydrogens is 340 g/mol. The fraction of sp³-hybridized carbons (Fsp3) is 0.955. The van der Waals surface area contributed by atoms with Crippen LogP contribution in [-0.2, 0) is 14.3 Å².